The molecule has 0 atom stereocenters. The summed E-state index contributed by atoms with van der Waals surface area (Å²) >= 11 is 1.49. The summed E-state index contributed by atoms with van der Waals surface area (Å²) in [4.78, 5) is 12.1. The number of aromatic hydroxyl groups is 2. The van der Waals surface area contributed by atoms with E-state index >= 15 is 0 Å². The fraction of sp³-hybridized carbons (Fsp3) is 0.0800. The topological polar surface area (TPSA) is 87.0 Å². The van der Waals surface area contributed by atoms with E-state index in [1.165, 1.54) is 11.3 Å². The molecule has 3 N–H and O–H groups in total. The van der Waals surface area contributed by atoms with Crippen LogP contribution in [0.3, 0.4) is 0 Å². The molecule has 0 aliphatic carbocycles. The second kappa shape index (κ2) is 8.53. The van der Waals surface area contributed by atoms with Gasteiger partial charge in [0.15, 0.2) is 5.75 Å². The molecule has 3 aromatic carbocycles. The highest BCUT2D eigenvalue weighted by atomic mass is 32.1. The number of rotatable bonds is 6. The molecule has 4 aromatic rings. The number of phenols is 2. The molecule has 0 bridgehead atoms. The van der Waals surface area contributed by atoms with Gasteiger partial charge in [0.05, 0.1) is 4.88 Å². The minimum Gasteiger partial charge on any atom is -0.508 e. The summed E-state index contributed by atoms with van der Waals surface area (Å²) in [6.07, 6.45) is 2.09. The molecule has 4 rings (SSSR count). The Morgan fingerprint density at radius 3 is 2.29 bits per heavy atom. The van der Waals surface area contributed by atoms with Crippen LogP contribution < -0.4 is 4.74 Å². The Balaban J connectivity index is 1.73. The van der Waals surface area contributed by atoms with Crippen LogP contribution in [0.5, 0.6) is 23.0 Å². The van der Waals surface area contributed by atoms with Gasteiger partial charge in [-0.1, -0.05) is 19.1 Å². The molecule has 0 unspecified atom stereocenters. The maximum Gasteiger partial charge on any atom is 0.331 e. The summed E-state index contributed by atoms with van der Waals surface area (Å²) in [6, 6.07) is 19.2. The number of fused-ring (bicyclic) bond motifs is 1. The van der Waals surface area contributed by atoms with Crippen LogP contribution in [-0.2, 0) is 4.79 Å². The van der Waals surface area contributed by atoms with Crippen molar-refractivity contribution >= 4 is 33.5 Å². The Morgan fingerprint density at radius 1 is 0.968 bits per heavy atom. The highest BCUT2D eigenvalue weighted by Crippen LogP contribution is 2.47. The van der Waals surface area contributed by atoms with Crippen LogP contribution in [0.25, 0.3) is 26.6 Å². The van der Waals surface area contributed by atoms with Crippen LogP contribution in [0.4, 0.5) is 0 Å². The first-order chi connectivity index (χ1) is 14.9. The number of phenolic OH excluding ortho intramolecular Hbond substituents is 2. The van der Waals surface area contributed by atoms with E-state index in [0.717, 1.165) is 26.1 Å². The van der Waals surface area contributed by atoms with Gasteiger partial charge in [-0.3, -0.25) is 0 Å². The van der Waals surface area contributed by atoms with E-state index in [1.54, 1.807) is 42.5 Å². The summed E-state index contributed by atoms with van der Waals surface area (Å²) in [7, 11) is 0. The summed E-state index contributed by atoms with van der Waals surface area (Å²) in [5.74, 6) is 0.710. The monoisotopic (exact) mass is 432 g/mol. The smallest absolute Gasteiger partial charge is 0.331 e. The Hall–Kier alpha value is -3.77. The molecule has 5 nitrogen and oxygen atoms in total. The van der Waals surface area contributed by atoms with Crippen molar-refractivity contribution in [3.63, 3.8) is 0 Å². The second-order valence-corrected chi connectivity index (χ2v) is 8.04. The molecule has 156 valence electrons. The fourth-order valence-electron chi connectivity index (χ4n) is 3.23. The van der Waals surface area contributed by atoms with E-state index in [2.05, 4.69) is 0 Å². The van der Waals surface area contributed by atoms with Gasteiger partial charge in [0, 0.05) is 15.7 Å². The lowest BCUT2D eigenvalue weighted by molar-refractivity contribution is -0.132. The number of carboxylic acid groups (broad SMARTS) is 1. The van der Waals surface area contributed by atoms with E-state index < -0.39 is 5.97 Å². The van der Waals surface area contributed by atoms with Gasteiger partial charge in [0.25, 0.3) is 0 Å². The van der Waals surface area contributed by atoms with Crippen molar-refractivity contribution in [2.24, 2.45) is 0 Å². The van der Waals surface area contributed by atoms with Gasteiger partial charge in [-0.2, -0.15) is 0 Å². The average molecular weight is 432 g/mol. The molecule has 1 heterocycles. The highest BCUT2D eigenvalue weighted by molar-refractivity contribution is 7.22. The first-order valence-electron chi connectivity index (χ1n) is 9.71. The molecule has 0 fully saturated rings. The summed E-state index contributed by atoms with van der Waals surface area (Å²) in [5, 5.41) is 29.6. The molecule has 0 saturated carbocycles. The zero-order chi connectivity index (χ0) is 22.0. The minimum absolute atomic E-state index is 0.179. The van der Waals surface area contributed by atoms with Crippen LogP contribution in [0.15, 0.2) is 72.3 Å². The van der Waals surface area contributed by atoms with Gasteiger partial charge in [0.1, 0.15) is 17.2 Å². The van der Waals surface area contributed by atoms with Crippen molar-refractivity contribution in [2.75, 3.05) is 0 Å². The minimum atomic E-state index is -0.922. The largest absolute Gasteiger partial charge is 0.508 e. The first-order valence-corrected chi connectivity index (χ1v) is 10.5. The Kier molecular flexibility index (Phi) is 5.64. The van der Waals surface area contributed by atoms with E-state index in [9.17, 15) is 20.1 Å². The van der Waals surface area contributed by atoms with Crippen molar-refractivity contribution in [3.8, 4) is 33.4 Å². The van der Waals surface area contributed by atoms with Crippen LogP contribution in [-0.4, -0.2) is 21.3 Å². The average Bonchev–Trinajstić information content (AvgIpc) is 3.10. The van der Waals surface area contributed by atoms with E-state index in [0.29, 0.717) is 23.5 Å². The van der Waals surface area contributed by atoms with Gasteiger partial charge in [-0.05, 0) is 78.2 Å². The lowest BCUT2D eigenvalue weighted by Crippen LogP contribution is -1.98. The number of hydrogen-bond donors (Lipinski definition) is 3. The zero-order valence-electron chi connectivity index (χ0n) is 16.7. The predicted molar refractivity (Wildman–Crippen MR) is 123 cm³/mol. The van der Waals surface area contributed by atoms with Crippen molar-refractivity contribution < 1.29 is 24.9 Å². The molecule has 31 heavy (non-hydrogen) atoms. The zero-order valence-corrected chi connectivity index (χ0v) is 17.5. The Labute approximate surface area is 183 Å². The second-order valence-electron chi connectivity index (χ2n) is 6.99. The maximum absolute atomic E-state index is 11.2. The molecule has 0 spiro atoms. The van der Waals surface area contributed by atoms with E-state index in [-0.39, 0.29) is 11.5 Å². The molecule has 0 aliphatic rings. The van der Waals surface area contributed by atoms with Crippen LogP contribution in [0.1, 0.15) is 18.9 Å². The van der Waals surface area contributed by atoms with Crippen LogP contribution >= 0.6 is 11.3 Å². The third kappa shape index (κ3) is 4.39. The molecule has 6 heteroatoms. The summed E-state index contributed by atoms with van der Waals surface area (Å²) in [6.45, 7) is 1.81. The summed E-state index contributed by atoms with van der Waals surface area (Å²) in [5.41, 5.74) is 2.01. The number of thiophene rings is 1. The third-order valence-corrected chi connectivity index (χ3v) is 6.04. The Bertz CT molecular complexity index is 1270. The normalized spacial score (nSPS) is 11.6. The van der Waals surface area contributed by atoms with Crippen molar-refractivity contribution in [2.45, 2.75) is 13.3 Å². The van der Waals surface area contributed by atoms with Crippen LogP contribution in [0, 0.1) is 0 Å². The van der Waals surface area contributed by atoms with Gasteiger partial charge >= 0.3 is 5.97 Å². The van der Waals surface area contributed by atoms with Crippen molar-refractivity contribution in [1.29, 1.82) is 0 Å². The fourth-order valence-corrected chi connectivity index (χ4v) is 4.40. The Morgan fingerprint density at radius 2 is 1.65 bits per heavy atom. The van der Waals surface area contributed by atoms with Crippen molar-refractivity contribution in [3.05, 3.63) is 77.9 Å². The quantitative estimate of drug-likeness (QED) is 0.297. The van der Waals surface area contributed by atoms with Crippen molar-refractivity contribution in [1.82, 2.24) is 0 Å². The number of ether oxygens (including phenoxy) is 1. The molecule has 0 radical (unpaired) electrons. The van der Waals surface area contributed by atoms with Gasteiger partial charge < -0.3 is 20.1 Å². The number of carbonyl (C=O) groups is 1. The van der Waals surface area contributed by atoms with Gasteiger partial charge in [-0.25, -0.2) is 4.79 Å². The molecular weight excluding hydrogens is 412 g/mol. The lowest BCUT2D eigenvalue weighted by atomic mass is 10.1. The van der Waals surface area contributed by atoms with Crippen LogP contribution in [0.2, 0.25) is 0 Å². The maximum atomic E-state index is 11.2. The SMILES string of the molecule is CC/C(=C\c1ccc(Oc2c(-c3ccc(O)cc3)sc3cc(O)ccc23)cc1)C(=O)O. The highest BCUT2D eigenvalue weighted by Gasteiger charge is 2.17. The molecule has 0 aliphatic heterocycles. The van der Waals surface area contributed by atoms with Gasteiger partial charge in [-0.15, -0.1) is 11.3 Å². The number of hydrogen-bond acceptors (Lipinski definition) is 5. The molecule has 1 aromatic heterocycles. The van der Waals surface area contributed by atoms with Gasteiger partial charge in [0.2, 0.25) is 0 Å². The third-order valence-electron chi connectivity index (χ3n) is 4.85. The standard InChI is InChI=1S/C25H20O5S/c1-2-16(25(28)29)13-15-3-10-20(11-4-15)30-23-21-12-9-19(27)14-22(21)31-24(23)17-5-7-18(26)8-6-17/h3-14,26-27H,2H2,1H3,(H,28,29)/b16-13+. The molecule has 0 saturated heterocycles. The predicted octanol–water partition coefficient (Wildman–Crippen LogP) is 6.65. The number of benzene rings is 3. The lowest BCUT2D eigenvalue weighted by Gasteiger charge is -2.09. The van der Waals surface area contributed by atoms with E-state index in [1.807, 2.05) is 37.3 Å². The van der Waals surface area contributed by atoms with E-state index in [4.69, 9.17) is 4.74 Å². The molecular formula is C25H20O5S. The summed E-state index contributed by atoms with van der Waals surface area (Å²) < 4.78 is 7.13. The number of aliphatic carboxylic acids is 1. The first kappa shape index (κ1) is 20.5. The number of carboxylic acids is 1. The molecule has 0 amide bonds.